The highest BCUT2D eigenvalue weighted by Gasteiger charge is 2.11. The Morgan fingerprint density at radius 3 is 2.73 bits per heavy atom. The SMILES string of the molecule is Cc1ccc(C)c(-c2csc(NC(=O)COc3ccc(Cl)cc3C)n2)c1. The van der Waals surface area contributed by atoms with Crippen molar-refractivity contribution in [1.29, 1.82) is 0 Å². The van der Waals surface area contributed by atoms with Crippen molar-refractivity contribution >= 4 is 34.0 Å². The number of ether oxygens (including phenoxy) is 1. The molecule has 1 aromatic heterocycles. The maximum atomic E-state index is 12.1. The number of halogens is 1. The van der Waals surface area contributed by atoms with Gasteiger partial charge < -0.3 is 4.74 Å². The highest BCUT2D eigenvalue weighted by Crippen LogP contribution is 2.28. The molecule has 0 saturated carbocycles. The molecule has 3 aromatic rings. The Morgan fingerprint density at radius 1 is 1.15 bits per heavy atom. The fourth-order valence-corrected chi connectivity index (χ4v) is 3.49. The Bertz CT molecular complexity index is 953. The number of hydrogen-bond donors (Lipinski definition) is 1. The number of aryl methyl sites for hydroxylation is 3. The van der Waals surface area contributed by atoms with Gasteiger partial charge in [-0.2, -0.15) is 0 Å². The number of hydrogen-bond acceptors (Lipinski definition) is 4. The van der Waals surface area contributed by atoms with E-state index in [0.717, 1.165) is 22.4 Å². The van der Waals surface area contributed by atoms with Gasteiger partial charge in [-0.1, -0.05) is 29.3 Å². The van der Waals surface area contributed by atoms with Crippen LogP contribution in [-0.4, -0.2) is 17.5 Å². The fourth-order valence-electron chi connectivity index (χ4n) is 2.54. The summed E-state index contributed by atoms with van der Waals surface area (Å²) in [6.45, 7) is 5.90. The van der Waals surface area contributed by atoms with Gasteiger partial charge >= 0.3 is 0 Å². The molecule has 0 saturated heterocycles. The first-order valence-corrected chi connectivity index (χ1v) is 9.40. The third kappa shape index (κ3) is 4.42. The number of carbonyl (C=O) groups excluding carboxylic acids is 1. The summed E-state index contributed by atoms with van der Waals surface area (Å²) >= 11 is 7.32. The first kappa shape index (κ1) is 18.4. The second kappa shape index (κ2) is 7.89. The average molecular weight is 387 g/mol. The quantitative estimate of drug-likeness (QED) is 0.638. The molecule has 0 spiro atoms. The fraction of sp³-hybridized carbons (Fsp3) is 0.200. The van der Waals surface area contributed by atoms with E-state index in [1.54, 1.807) is 18.2 Å². The van der Waals surface area contributed by atoms with Crippen molar-refractivity contribution in [2.45, 2.75) is 20.8 Å². The standard InChI is InChI=1S/C20H19ClN2O2S/c1-12-4-5-13(2)16(8-12)17-11-26-20(22-17)23-19(24)10-25-18-7-6-15(21)9-14(18)3/h4-9,11H,10H2,1-3H3,(H,22,23,24). The van der Waals surface area contributed by atoms with Crippen molar-refractivity contribution < 1.29 is 9.53 Å². The Balaban J connectivity index is 1.63. The smallest absolute Gasteiger partial charge is 0.264 e. The molecule has 134 valence electrons. The van der Waals surface area contributed by atoms with E-state index in [9.17, 15) is 4.79 Å². The van der Waals surface area contributed by atoms with Crippen molar-refractivity contribution in [2.24, 2.45) is 0 Å². The van der Waals surface area contributed by atoms with Gasteiger partial charge in [-0.15, -0.1) is 11.3 Å². The van der Waals surface area contributed by atoms with E-state index in [-0.39, 0.29) is 12.5 Å². The predicted molar refractivity (Wildman–Crippen MR) is 107 cm³/mol. The molecule has 0 atom stereocenters. The third-order valence-electron chi connectivity index (χ3n) is 3.92. The number of thiazole rings is 1. The lowest BCUT2D eigenvalue weighted by Gasteiger charge is -2.08. The van der Waals surface area contributed by atoms with E-state index in [1.807, 2.05) is 19.2 Å². The molecule has 0 bridgehead atoms. The maximum Gasteiger partial charge on any atom is 0.264 e. The van der Waals surface area contributed by atoms with Crippen molar-refractivity contribution in [3.63, 3.8) is 0 Å². The number of amides is 1. The molecule has 0 aliphatic rings. The van der Waals surface area contributed by atoms with E-state index in [2.05, 4.69) is 35.4 Å². The zero-order valence-electron chi connectivity index (χ0n) is 14.8. The number of carbonyl (C=O) groups is 1. The predicted octanol–water partition coefficient (Wildman–Crippen LogP) is 5.41. The van der Waals surface area contributed by atoms with Crippen LogP contribution < -0.4 is 10.1 Å². The molecule has 2 aromatic carbocycles. The van der Waals surface area contributed by atoms with Gasteiger partial charge in [0.15, 0.2) is 11.7 Å². The summed E-state index contributed by atoms with van der Waals surface area (Å²) in [6.07, 6.45) is 0. The van der Waals surface area contributed by atoms with E-state index in [4.69, 9.17) is 16.3 Å². The minimum Gasteiger partial charge on any atom is -0.483 e. The first-order chi connectivity index (χ1) is 12.4. The van der Waals surface area contributed by atoms with Crippen LogP contribution in [0.2, 0.25) is 5.02 Å². The van der Waals surface area contributed by atoms with Gasteiger partial charge in [0.05, 0.1) is 5.69 Å². The van der Waals surface area contributed by atoms with Crippen LogP contribution in [0.4, 0.5) is 5.13 Å². The minimum atomic E-state index is -0.249. The summed E-state index contributed by atoms with van der Waals surface area (Å²) in [5.74, 6) is 0.390. The van der Waals surface area contributed by atoms with Crippen molar-refractivity contribution in [3.05, 3.63) is 63.5 Å². The number of rotatable bonds is 5. The van der Waals surface area contributed by atoms with E-state index in [0.29, 0.717) is 15.9 Å². The normalized spacial score (nSPS) is 10.6. The van der Waals surface area contributed by atoms with E-state index < -0.39 is 0 Å². The van der Waals surface area contributed by atoms with Crippen LogP contribution in [0, 0.1) is 20.8 Å². The van der Waals surface area contributed by atoms with Crippen molar-refractivity contribution in [2.75, 3.05) is 11.9 Å². The Kier molecular flexibility index (Phi) is 5.59. The van der Waals surface area contributed by atoms with Crippen molar-refractivity contribution in [1.82, 2.24) is 4.98 Å². The molecule has 0 unspecified atom stereocenters. The van der Waals surface area contributed by atoms with E-state index in [1.165, 1.54) is 16.9 Å². The molecule has 6 heteroatoms. The summed E-state index contributed by atoms with van der Waals surface area (Å²) in [6, 6.07) is 11.5. The number of aromatic nitrogens is 1. The second-order valence-corrected chi connectivity index (χ2v) is 7.40. The summed E-state index contributed by atoms with van der Waals surface area (Å²) in [7, 11) is 0. The van der Waals surface area contributed by atoms with Crippen LogP contribution in [0.1, 0.15) is 16.7 Å². The molecule has 0 fully saturated rings. The Hall–Kier alpha value is -2.37. The number of nitrogens with one attached hydrogen (secondary N) is 1. The minimum absolute atomic E-state index is 0.0825. The number of benzene rings is 2. The van der Waals surface area contributed by atoms with Gasteiger partial charge in [-0.05, 0) is 56.2 Å². The van der Waals surface area contributed by atoms with Gasteiger partial charge in [0, 0.05) is 16.0 Å². The first-order valence-electron chi connectivity index (χ1n) is 8.14. The monoisotopic (exact) mass is 386 g/mol. The Morgan fingerprint density at radius 2 is 1.96 bits per heavy atom. The molecule has 3 rings (SSSR count). The zero-order valence-corrected chi connectivity index (χ0v) is 16.4. The lowest BCUT2D eigenvalue weighted by Crippen LogP contribution is -2.20. The highest BCUT2D eigenvalue weighted by atomic mass is 35.5. The van der Waals surface area contributed by atoms with Gasteiger partial charge in [0.2, 0.25) is 0 Å². The number of nitrogens with zero attached hydrogens (tertiary/aromatic N) is 1. The van der Waals surface area contributed by atoms with Crippen LogP contribution in [0.25, 0.3) is 11.3 Å². The van der Waals surface area contributed by atoms with Crippen LogP contribution in [0.5, 0.6) is 5.75 Å². The third-order valence-corrected chi connectivity index (χ3v) is 4.91. The molecule has 0 aliphatic carbocycles. The van der Waals surface area contributed by atoms with E-state index >= 15 is 0 Å². The average Bonchev–Trinajstić information content (AvgIpc) is 3.04. The summed E-state index contributed by atoms with van der Waals surface area (Å²) in [5, 5.41) is 5.93. The Labute approximate surface area is 161 Å². The molecule has 4 nitrogen and oxygen atoms in total. The topological polar surface area (TPSA) is 51.2 Å². The van der Waals surface area contributed by atoms with Gasteiger partial charge in [0.25, 0.3) is 5.91 Å². The molecule has 1 heterocycles. The molecule has 26 heavy (non-hydrogen) atoms. The molecule has 1 amide bonds. The maximum absolute atomic E-state index is 12.1. The second-order valence-electron chi connectivity index (χ2n) is 6.10. The molecule has 0 aliphatic heterocycles. The van der Waals surface area contributed by atoms with Crippen LogP contribution >= 0.6 is 22.9 Å². The lowest BCUT2D eigenvalue weighted by atomic mass is 10.0. The lowest BCUT2D eigenvalue weighted by molar-refractivity contribution is -0.118. The van der Waals surface area contributed by atoms with Gasteiger partial charge in [-0.25, -0.2) is 4.98 Å². The molecular weight excluding hydrogens is 368 g/mol. The molecular formula is C20H19ClN2O2S. The summed E-state index contributed by atoms with van der Waals surface area (Å²) < 4.78 is 5.56. The summed E-state index contributed by atoms with van der Waals surface area (Å²) in [4.78, 5) is 16.7. The van der Waals surface area contributed by atoms with Crippen LogP contribution in [0.3, 0.4) is 0 Å². The van der Waals surface area contributed by atoms with Gasteiger partial charge in [-0.3, -0.25) is 10.1 Å². The zero-order chi connectivity index (χ0) is 18.7. The van der Waals surface area contributed by atoms with Crippen LogP contribution in [0.15, 0.2) is 41.8 Å². The van der Waals surface area contributed by atoms with Crippen molar-refractivity contribution in [3.8, 4) is 17.0 Å². The molecule has 1 N–H and O–H groups in total. The summed E-state index contributed by atoms with van der Waals surface area (Å²) in [5.41, 5.74) is 5.16. The molecule has 0 radical (unpaired) electrons. The largest absolute Gasteiger partial charge is 0.483 e. The number of anilines is 1. The highest BCUT2D eigenvalue weighted by molar-refractivity contribution is 7.14. The van der Waals surface area contributed by atoms with Crippen LogP contribution in [-0.2, 0) is 4.79 Å². The van der Waals surface area contributed by atoms with Gasteiger partial charge in [0.1, 0.15) is 5.75 Å².